The van der Waals surface area contributed by atoms with Crippen molar-refractivity contribution < 1.29 is 4.74 Å². The molecule has 1 aromatic carbocycles. The van der Waals surface area contributed by atoms with Gasteiger partial charge >= 0.3 is 0 Å². The Hall–Kier alpha value is -1.92. The van der Waals surface area contributed by atoms with Crippen LogP contribution in [-0.4, -0.2) is 64.4 Å². The van der Waals surface area contributed by atoms with E-state index in [1.807, 2.05) is 16.8 Å². The van der Waals surface area contributed by atoms with Crippen LogP contribution in [0.1, 0.15) is 24.9 Å². The molecule has 0 spiro atoms. The highest BCUT2D eigenvalue weighted by Gasteiger charge is 2.23. The van der Waals surface area contributed by atoms with E-state index in [9.17, 15) is 0 Å². The Morgan fingerprint density at radius 2 is 1.92 bits per heavy atom. The van der Waals surface area contributed by atoms with Gasteiger partial charge in [-0.2, -0.15) is 5.10 Å². The van der Waals surface area contributed by atoms with Gasteiger partial charge in [-0.1, -0.05) is 18.2 Å². The van der Waals surface area contributed by atoms with Gasteiger partial charge in [-0.3, -0.25) is 9.58 Å². The summed E-state index contributed by atoms with van der Waals surface area (Å²) in [4.78, 5) is 9.07. The first-order valence-electron chi connectivity index (χ1n) is 8.69. The van der Waals surface area contributed by atoms with E-state index in [0.717, 1.165) is 51.4 Å². The Balaban J connectivity index is 1.46. The minimum Gasteiger partial charge on any atom is -0.496 e. The molecule has 1 aliphatic heterocycles. The summed E-state index contributed by atoms with van der Waals surface area (Å²) in [5.41, 5.74) is 1.28. The van der Waals surface area contributed by atoms with Gasteiger partial charge in [0.15, 0.2) is 0 Å². The van der Waals surface area contributed by atoms with Crippen LogP contribution in [0.3, 0.4) is 0 Å². The summed E-state index contributed by atoms with van der Waals surface area (Å²) in [6.07, 6.45) is 4.50. The van der Waals surface area contributed by atoms with E-state index in [2.05, 4.69) is 38.9 Å². The molecular formula is C18H27N5O. The number of aryl methyl sites for hydroxylation is 1. The van der Waals surface area contributed by atoms with Crippen molar-refractivity contribution in [3.8, 4) is 5.75 Å². The molecule has 1 aromatic heterocycles. The van der Waals surface area contributed by atoms with Gasteiger partial charge in [-0.25, -0.2) is 4.98 Å². The third-order valence-corrected chi connectivity index (χ3v) is 4.87. The van der Waals surface area contributed by atoms with Crippen molar-refractivity contribution >= 4 is 0 Å². The third kappa shape index (κ3) is 4.13. The summed E-state index contributed by atoms with van der Waals surface area (Å²) < 4.78 is 7.42. The molecule has 6 nitrogen and oxygen atoms in total. The number of piperazine rings is 1. The summed E-state index contributed by atoms with van der Waals surface area (Å²) in [7, 11) is 1.75. The van der Waals surface area contributed by atoms with Gasteiger partial charge < -0.3 is 9.64 Å². The van der Waals surface area contributed by atoms with Crippen LogP contribution in [0.2, 0.25) is 0 Å². The molecule has 0 amide bonds. The van der Waals surface area contributed by atoms with E-state index in [1.54, 1.807) is 19.8 Å². The molecule has 24 heavy (non-hydrogen) atoms. The van der Waals surface area contributed by atoms with Crippen molar-refractivity contribution in [3.05, 3.63) is 42.5 Å². The molecule has 0 N–H and O–H groups in total. The highest BCUT2D eigenvalue weighted by atomic mass is 16.5. The predicted octanol–water partition coefficient (Wildman–Crippen LogP) is 2.06. The molecule has 3 rings (SSSR count). The SMILES string of the molecule is COc1ccccc1[C@@H](C)N1CCN(CCCn2cncn2)CC1. The molecule has 0 aliphatic carbocycles. The minimum atomic E-state index is 0.387. The van der Waals surface area contributed by atoms with Crippen LogP contribution in [0.15, 0.2) is 36.9 Å². The standard InChI is InChI=1S/C18H27N5O/c1-16(17-6-3-4-7-18(17)24-2)22-12-10-21(11-13-22)8-5-9-23-15-19-14-20-23/h3-4,6-7,14-16H,5,8-13H2,1-2H3/t16-/m1/s1. The monoisotopic (exact) mass is 329 g/mol. The van der Waals surface area contributed by atoms with Crippen LogP contribution in [0.5, 0.6) is 5.75 Å². The highest BCUT2D eigenvalue weighted by Crippen LogP contribution is 2.29. The first-order valence-corrected chi connectivity index (χ1v) is 8.69. The summed E-state index contributed by atoms with van der Waals surface area (Å²) in [5, 5.41) is 4.15. The second kappa shape index (κ2) is 8.26. The minimum absolute atomic E-state index is 0.387. The van der Waals surface area contributed by atoms with E-state index in [0.29, 0.717) is 6.04 Å². The average molecular weight is 329 g/mol. The van der Waals surface area contributed by atoms with Crippen LogP contribution in [0.4, 0.5) is 0 Å². The van der Waals surface area contributed by atoms with E-state index < -0.39 is 0 Å². The van der Waals surface area contributed by atoms with Crippen molar-refractivity contribution in [1.82, 2.24) is 24.6 Å². The van der Waals surface area contributed by atoms with Crippen LogP contribution in [-0.2, 0) is 6.54 Å². The summed E-state index contributed by atoms with van der Waals surface area (Å²) in [6, 6.07) is 8.73. The molecule has 2 heterocycles. The van der Waals surface area contributed by atoms with Crippen LogP contribution >= 0.6 is 0 Å². The molecule has 1 saturated heterocycles. The van der Waals surface area contributed by atoms with Crippen LogP contribution < -0.4 is 4.74 Å². The van der Waals surface area contributed by atoms with E-state index >= 15 is 0 Å². The van der Waals surface area contributed by atoms with Crippen molar-refractivity contribution in [1.29, 1.82) is 0 Å². The molecule has 1 atom stereocenters. The van der Waals surface area contributed by atoms with Crippen molar-refractivity contribution in [2.75, 3.05) is 39.8 Å². The largest absolute Gasteiger partial charge is 0.496 e. The van der Waals surface area contributed by atoms with Crippen LogP contribution in [0, 0.1) is 0 Å². The Kier molecular flexibility index (Phi) is 5.82. The molecule has 0 bridgehead atoms. The average Bonchev–Trinajstić information content (AvgIpc) is 3.15. The number of methoxy groups -OCH3 is 1. The molecule has 2 aromatic rings. The van der Waals surface area contributed by atoms with Crippen molar-refractivity contribution in [3.63, 3.8) is 0 Å². The third-order valence-electron chi connectivity index (χ3n) is 4.87. The Morgan fingerprint density at radius 3 is 2.62 bits per heavy atom. The number of ether oxygens (including phenoxy) is 1. The van der Waals surface area contributed by atoms with Crippen molar-refractivity contribution in [2.24, 2.45) is 0 Å². The van der Waals surface area contributed by atoms with Gasteiger partial charge in [0.25, 0.3) is 0 Å². The quantitative estimate of drug-likeness (QED) is 0.778. The highest BCUT2D eigenvalue weighted by molar-refractivity contribution is 5.35. The van der Waals surface area contributed by atoms with E-state index in [-0.39, 0.29) is 0 Å². The molecule has 0 radical (unpaired) electrons. The maximum absolute atomic E-state index is 5.52. The molecule has 1 aliphatic rings. The first-order chi connectivity index (χ1) is 11.8. The number of benzene rings is 1. The normalized spacial score (nSPS) is 17.8. The number of para-hydroxylation sites is 1. The number of nitrogens with zero attached hydrogens (tertiary/aromatic N) is 5. The zero-order valence-corrected chi connectivity index (χ0v) is 14.6. The molecule has 6 heteroatoms. The van der Waals surface area contributed by atoms with Gasteiger partial charge in [-0.05, 0) is 19.4 Å². The van der Waals surface area contributed by atoms with Gasteiger partial charge in [0.2, 0.25) is 0 Å². The summed E-state index contributed by atoms with van der Waals surface area (Å²) >= 11 is 0. The lowest BCUT2D eigenvalue weighted by Crippen LogP contribution is -2.47. The molecular weight excluding hydrogens is 302 g/mol. The van der Waals surface area contributed by atoms with Gasteiger partial charge in [-0.15, -0.1) is 0 Å². The number of aromatic nitrogens is 3. The number of rotatable bonds is 7. The van der Waals surface area contributed by atoms with Crippen molar-refractivity contribution in [2.45, 2.75) is 25.9 Å². The second-order valence-corrected chi connectivity index (χ2v) is 6.31. The van der Waals surface area contributed by atoms with Gasteiger partial charge in [0, 0.05) is 50.9 Å². The maximum atomic E-state index is 5.52. The molecule has 1 fully saturated rings. The van der Waals surface area contributed by atoms with Gasteiger partial charge in [0.05, 0.1) is 7.11 Å². The summed E-state index contributed by atoms with van der Waals surface area (Å²) in [5.74, 6) is 0.986. The predicted molar refractivity (Wildman–Crippen MR) is 94.1 cm³/mol. The number of hydrogen-bond donors (Lipinski definition) is 0. The summed E-state index contributed by atoms with van der Waals surface area (Å²) in [6.45, 7) is 8.78. The zero-order chi connectivity index (χ0) is 16.8. The lowest BCUT2D eigenvalue weighted by Gasteiger charge is -2.38. The van der Waals surface area contributed by atoms with Gasteiger partial charge in [0.1, 0.15) is 18.4 Å². The maximum Gasteiger partial charge on any atom is 0.137 e. The molecule has 0 saturated carbocycles. The lowest BCUT2D eigenvalue weighted by atomic mass is 10.0. The zero-order valence-electron chi connectivity index (χ0n) is 14.6. The smallest absolute Gasteiger partial charge is 0.137 e. The van der Waals surface area contributed by atoms with E-state index in [1.165, 1.54) is 5.56 Å². The van der Waals surface area contributed by atoms with E-state index in [4.69, 9.17) is 4.74 Å². The topological polar surface area (TPSA) is 46.4 Å². The fourth-order valence-electron chi connectivity index (χ4n) is 3.39. The molecule has 130 valence electrons. The lowest BCUT2D eigenvalue weighted by molar-refractivity contribution is 0.0994. The molecule has 0 unspecified atom stereocenters. The fraction of sp³-hybridized carbons (Fsp3) is 0.556. The first kappa shape index (κ1) is 16.9. The number of hydrogen-bond acceptors (Lipinski definition) is 5. The second-order valence-electron chi connectivity index (χ2n) is 6.31. The Bertz CT molecular complexity index is 608. The Labute approximate surface area is 144 Å². The Morgan fingerprint density at radius 1 is 1.12 bits per heavy atom. The fourth-order valence-corrected chi connectivity index (χ4v) is 3.39. The van der Waals surface area contributed by atoms with Crippen LogP contribution in [0.25, 0.3) is 0 Å².